The molecule has 4 rings (SSSR count). The van der Waals surface area contributed by atoms with E-state index in [9.17, 15) is 9.59 Å². The maximum Gasteiger partial charge on any atom is 0.338 e. The van der Waals surface area contributed by atoms with Gasteiger partial charge in [0.15, 0.2) is 4.80 Å². The van der Waals surface area contributed by atoms with Gasteiger partial charge in [0.25, 0.3) is 5.56 Å². The van der Waals surface area contributed by atoms with E-state index in [2.05, 4.69) is 20.9 Å². The van der Waals surface area contributed by atoms with Crippen molar-refractivity contribution in [3.8, 4) is 5.75 Å². The second kappa shape index (κ2) is 10.2. The standard InChI is InChI=1S/C26H26BrN3O4S/c1-6-34-25(32)22-15(2)28-26-30(23(22)17-9-7-8-10-20(17)33-5)24(31)21(35-26)14-16-11-12-19(29(3)4)18(27)13-16/h7-14,23H,6H2,1-5H3/b21-14+/t23-/m0/s1. The van der Waals surface area contributed by atoms with Crippen molar-refractivity contribution in [1.29, 1.82) is 0 Å². The molecule has 182 valence electrons. The molecule has 1 aliphatic rings. The number of para-hydroxylation sites is 1. The summed E-state index contributed by atoms with van der Waals surface area (Å²) in [5.74, 6) is 0.0777. The Morgan fingerprint density at radius 2 is 2.00 bits per heavy atom. The van der Waals surface area contributed by atoms with Gasteiger partial charge >= 0.3 is 5.97 Å². The molecular weight excluding hydrogens is 530 g/mol. The fourth-order valence-corrected chi connectivity index (χ4v) is 5.90. The lowest BCUT2D eigenvalue weighted by Crippen LogP contribution is -2.40. The molecule has 0 saturated heterocycles. The third kappa shape index (κ3) is 4.70. The normalized spacial score (nSPS) is 15.5. The molecule has 0 fully saturated rings. The van der Waals surface area contributed by atoms with E-state index in [4.69, 9.17) is 9.47 Å². The van der Waals surface area contributed by atoms with Crippen LogP contribution in [0.2, 0.25) is 0 Å². The molecular formula is C26H26BrN3O4S. The molecule has 7 nitrogen and oxygen atoms in total. The van der Waals surface area contributed by atoms with Crippen LogP contribution < -0.4 is 24.5 Å². The van der Waals surface area contributed by atoms with Crippen LogP contribution in [-0.2, 0) is 9.53 Å². The van der Waals surface area contributed by atoms with Gasteiger partial charge in [0.2, 0.25) is 0 Å². The number of aromatic nitrogens is 1. The highest BCUT2D eigenvalue weighted by molar-refractivity contribution is 9.10. The van der Waals surface area contributed by atoms with Gasteiger partial charge < -0.3 is 14.4 Å². The van der Waals surface area contributed by atoms with Crippen molar-refractivity contribution in [2.75, 3.05) is 32.7 Å². The molecule has 9 heteroatoms. The van der Waals surface area contributed by atoms with Gasteiger partial charge in [-0.2, -0.15) is 0 Å². The van der Waals surface area contributed by atoms with Crippen LogP contribution in [0.15, 0.2) is 68.0 Å². The van der Waals surface area contributed by atoms with Gasteiger partial charge in [0.05, 0.1) is 35.2 Å². The largest absolute Gasteiger partial charge is 0.496 e. The molecule has 1 aliphatic heterocycles. The monoisotopic (exact) mass is 555 g/mol. The average molecular weight is 556 g/mol. The molecule has 0 bridgehead atoms. The zero-order valence-electron chi connectivity index (χ0n) is 20.2. The third-order valence-corrected chi connectivity index (χ3v) is 7.32. The molecule has 1 atom stereocenters. The summed E-state index contributed by atoms with van der Waals surface area (Å²) in [5.41, 5.74) is 3.22. The summed E-state index contributed by atoms with van der Waals surface area (Å²) in [4.78, 5) is 33.9. The second-order valence-corrected chi connectivity index (χ2v) is 10.0. The van der Waals surface area contributed by atoms with E-state index in [-0.39, 0.29) is 12.2 Å². The fourth-order valence-electron chi connectivity index (χ4n) is 4.11. The highest BCUT2D eigenvalue weighted by Gasteiger charge is 2.34. The zero-order chi connectivity index (χ0) is 25.3. The number of methoxy groups -OCH3 is 1. The van der Waals surface area contributed by atoms with Crippen molar-refractivity contribution in [3.63, 3.8) is 0 Å². The number of halogens is 1. The van der Waals surface area contributed by atoms with E-state index in [1.54, 1.807) is 25.5 Å². The first-order valence-electron chi connectivity index (χ1n) is 11.1. The number of thiazole rings is 1. The Kier molecular flexibility index (Phi) is 7.28. The van der Waals surface area contributed by atoms with Gasteiger partial charge in [-0.05, 0) is 59.6 Å². The van der Waals surface area contributed by atoms with Gasteiger partial charge in [0, 0.05) is 24.1 Å². The second-order valence-electron chi connectivity index (χ2n) is 8.15. The van der Waals surface area contributed by atoms with E-state index >= 15 is 0 Å². The number of hydrogen-bond acceptors (Lipinski definition) is 7. The molecule has 3 aromatic rings. The molecule has 0 aliphatic carbocycles. The number of carbonyl (C=O) groups excluding carboxylic acids is 1. The van der Waals surface area contributed by atoms with Crippen LogP contribution in [-0.4, -0.2) is 38.3 Å². The minimum Gasteiger partial charge on any atom is -0.496 e. The summed E-state index contributed by atoms with van der Waals surface area (Å²) in [7, 11) is 5.51. The Balaban J connectivity index is 1.95. The van der Waals surface area contributed by atoms with Crippen LogP contribution in [0.5, 0.6) is 5.75 Å². The molecule has 0 saturated carbocycles. The molecule has 0 spiro atoms. The number of hydrogen-bond donors (Lipinski definition) is 0. The van der Waals surface area contributed by atoms with Crippen LogP contribution in [0.4, 0.5) is 5.69 Å². The Labute approximate surface area is 215 Å². The molecule has 2 heterocycles. The molecule has 0 amide bonds. The summed E-state index contributed by atoms with van der Waals surface area (Å²) < 4.78 is 14.0. The van der Waals surface area contributed by atoms with Gasteiger partial charge in [0.1, 0.15) is 11.8 Å². The van der Waals surface area contributed by atoms with Crippen molar-refractivity contribution in [3.05, 3.63) is 89.0 Å². The van der Waals surface area contributed by atoms with Crippen LogP contribution in [0, 0.1) is 0 Å². The van der Waals surface area contributed by atoms with Crippen LogP contribution in [0.25, 0.3) is 6.08 Å². The first-order chi connectivity index (χ1) is 16.8. The van der Waals surface area contributed by atoms with Gasteiger partial charge in [-0.15, -0.1) is 0 Å². The molecule has 0 unspecified atom stereocenters. The number of rotatable bonds is 6. The predicted octanol–water partition coefficient (Wildman–Crippen LogP) is 3.64. The number of ether oxygens (including phenoxy) is 2. The average Bonchev–Trinajstić information content (AvgIpc) is 3.12. The number of fused-ring (bicyclic) bond motifs is 1. The first-order valence-corrected chi connectivity index (χ1v) is 12.7. The molecule has 0 N–H and O–H groups in total. The number of carbonyl (C=O) groups is 1. The van der Waals surface area contributed by atoms with Gasteiger partial charge in [-0.25, -0.2) is 9.79 Å². The molecule has 35 heavy (non-hydrogen) atoms. The molecule has 1 aromatic heterocycles. The molecule has 2 aromatic carbocycles. The Bertz CT molecular complexity index is 1500. The van der Waals surface area contributed by atoms with E-state index in [0.29, 0.717) is 31.9 Å². The summed E-state index contributed by atoms with van der Waals surface area (Å²) in [6.45, 7) is 3.74. The van der Waals surface area contributed by atoms with Crippen molar-refractivity contribution in [2.24, 2.45) is 4.99 Å². The summed E-state index contributed by atoms with van der Waals surface area (Å²) in [5, 5.41) is 0. The lowest BCUT2D eigenvalue weighted by molar-refractivity contribution is -0.139. The van der Waals surface area contributed by atoms with Crippen LogP contribution in [0.1, 0.15) is 31.0 Å². The lowest BCUT2D eigenvalue weighted by Gasteiger charge is -2.25. The topological polar surface area (TPSA) is 73.1 Å². The SMILES string of the molecule is CCOC(=O)C1=C(C)N=c2s/c(=C/c3ccc(N(C)C)c(Br)c3)c(=O)n2[C@H]1c1ccccc1OC. The third-order valence-electron chi connectivity index (χ3n) is 5.70. The smallest absolute Gasteiger partial charge is 0.338 e. The maximum absolute atomic E-state index is 13.7. The maximum atomic E-state index is 13.7. The quantitative estimate of drug-likeness (QED) is 0.434. The predicted molar refractivity (Wildman–Crippen MR) is 142 cm³/mol. The van der Waals surface area contributed by atoms with Crippen molar-refractivity contribution >= 4 is 45.0 Å². The summed E-state index contributed by atoms with van der Waals surface area (Å²) >= 11 is 4.90. The number of allylic oxidation sites excluding steroid dienone is 1. The van der Waals surface area contributed by atoms with Gasteiger partial charge in [-0.3, -0.25) is 9.36 Å². The van der Waals surface area contributed by atoms with E-state index in [1.807, 2.05) is 67.5 Å². The number of nitrogens with zero attached hydrogens (tertiary/aromatic N) is 3. The van der Waals surface area contributed by atoms with Crippen LogP contribution in [0.3, 0.4) is 0 Å². The van der Waals surface area contributed by atoms with Crippen molar-refractivity contribution in [1.82, 2.24) is 4.57 Å². The van der Waals surface area contributed by atoms with Crippen molar-refractivity contribution < 1.29 is 14.3 Å². The zero-order valence-corrected chi connectivity index (χ0v) is 22.6. The summed E-state index contributed by atoms with van der Waals surface area (Å²) in [6, 6.07) is 12.6. The fraction of sp³-hybridized carbons (Fsp3) is 0.269. The van der Waals surface area contributed by atoms with Gasteiger partial charge in [-0.1, -0.05) is 35.6 Å². The summed E-state index contributed by atoms with van der Waals surface area (Å²) in [6.07, 6.45) is 1.84. The van der Waals surface area contributed by atoms with E-state index in [0.717, 1.165) is 15.7 Å². The minimum atomic E-state index is -0.716. The first kappa shape index (κ1) is 24.9. The lowest BCUT2D eigenvalue weighted by atomic mass is 9.95. The van der Waals surface area contributed by atoms with Crippen LogP contribution >= 0.6 is 27.3 Å². The highest BCUT2D eigenvalue weighted by atomic mass is 79.9. The number of esters is 1. The number of anilines is 1. The molecule has 0 radical (unpaired) electrons. The minimum absolute atomic E-state index is 0.219. The Hall–Kier alpha value is -3.17. The Morgan fingerprint density at radius 1 is 1.26 bits per heavy atom. The Morgan fingerprint density at radius 3 is 2.66 bits per heavy atom. The number of benzene rings is 2. The van der Waals surface area contributed by atoms with E-state index in [1.165, 1.54) is 11.3 Å². The highest BCUT2D eigenvalue weighted by Crippen LogP contribution is 2.35. The van der Waals surface area contributed by atoms with E-state index < -0.39 is 12.0 Å². The van der Waals surface area contributed by atoms with Crippen molar-refractivity contribution in [2.45, 2.75) is 19.9 Å².